The highest BCUT2D eigenvalue weighted by Gasteiger charge is 2.24. The Labute approximate surface area is 279 Å². The number of H-pyrrole nitrogens is 1. The van der Waals surface area contributed by atoms with Crippen LogP contribution in [0.3, 0.4) is 0 Å². The lowest BCUT2D eigenvalue weighted by molar-refractivity contribution is -0.0294. The number of ether oxygens (including phenoxy) is 4. The van der Waals surface area contributed by atoms with Crippen LogP contribution in [-0.4, -0.2) is 55.2 Å². The average molecular weight is 822 g/mol. The zero-order valence-electron chi connectivity index (χ0n) is 25.1. The van der Waals surface area contributed by atoms with Crippen LogP contribution in [0.1, 0.15) is 69.7 Å². The highest BCUT2D eigenvalue weighted by molar-refractivity contribution is 14.1. The van der Waals surface area contributed by atoms with Gasteiger partial charge in [-0.2, -0.15) is 14.9 Å². The maximum Gasteiger partial charge on any atom is 0.519 e. The predicted molar refractivity (Wildman–Crippen MR) is 183 cm³/mol. The van der Waals surface area contributed by atoms with E-state index in [0.29, 0.717) is 0 Å². The van der Waals surface area contributed by atoms with Crippen LogP contribution in [0.5, 0.6) is 0 Å². The van der Waals surface area contributed by atoms with Crippen LogP contribution in [0, 0.1) is 7.40 Å². The fourth-order valence-corrected chi connectivity index (χ4v) is 4.26. The van der Waals surface area contributed by atoms with Crippen LogP contribution in [0.25, 0.3) is 21.8 Å². The first-order valence-electron chi connectivity index (χ1n) is 12.8. The molecule has 2 aromatic carbocycles. The second kappa shape index (κ2) is 15.7. The smallest absolute Gasteiger partial charge is 0.442 e. The van der Waals surface area contributed by atoms with Crippen molar-refractivity contribution in [1.29, 1.82) is 0 Å². The van der Waals surface area contributed by atoms with Gasteiger partial charge in [0.25, 0.3) is 0 Å². The molecule has 0 saturated heterocycles. The molecule has 0 bridgehead atoms. The maximum absolute atomic E-state index is 12.0. The molecular formula is C30H40I2N4O7. The second-order valence-corrected chi connectivity index (χ2v) is 13.9. The van der Waals surface area contributed by atoms with Gasteiger partial charge in [-0.25, -0.2) is 14.4 Å². The van der Waals surface area contributed by atoms with Gasteiger partial charge in [0.15, 0.2) is 0 Å². The number of fused-ring (bicyclic) bond motifs is 2. The van der Waals surface area contributed by atoms with Crippen molar-refractivity contribution in [2.24, 2.45) is 0 Å². The van der Waals surface area contributed by atoms with Crippen molar-refractivity contribution in [2.75, 3.05) is 0 Å². The second-order valence-electron chi connectivity index (χ2n) is 11.8. The van der Waals surface area contributed by atoms with Gasteiger partial charge in [0.2, 0.25) is 0 Å². The van der Waals surface area contributed by atoms with E-state index in [1.165, 1.54) is 10.1 Å². The standard InChI is InChI=1S/C12H13IN2O2.C10H18O5.C7H5IN2.CH4/c1-12(2,3)17-11(16)15-9-7-5-4-6-8(9)10(13)14-15;1-9(2,3)14-7(11)13-8(12)15-10(4,5)6;8-7-5-3-1-2-4-6(5)9-10-7;/h4-7H,1-3H3;1-6H3;1-4H,(H,9,10);1H4. The first kappa shape index (κ1) is 38.1. The molecule has 0 aliphatic carbocycles. The van der Waals surface area contributed by atoms with E-state index in [4.69, 9.17) is 14.2 Å². The lowest BCUT2D eigenvalue weighted by Gasteiger charge is -2.20. The number of rotatable bonds is 0. The third-order valence-electron chi connectivity index (χ3n) is 4.47. The van der Waals surface area contributed by atoms with Crippen molar-refractivity contribution in [3.63, 3.8) is 0 Å². The van der Waals surface area contributed by atoms with E-state index in [-0.39, 0.29) is 7.43 Å². The van der Waals surface area contributed by atoms with Gasteiger partial charge in [0, 0.05) is 10.8 Å². The molecule has 0 radical (unpaired) electrons. The van der Waals surface area contributed by atoms with E-state index in [2.05, 4.69) is 71.3 Å². The van der Waals surface area contributed by atoms with E-state index in [0.717, 1.165) is 23.8 Å². The third-order valence-corrected chi connectivity index (χ3v) is 6.09. The number of para-hydroxylation sites is 2. The summed E-state index contributed by atoms with van der Waals surface area (Å²) in [6, 6.07) is 15.6. The summed E-state index contributed by atoms with van der Waals surface area (Å²) in [7, 11) is 0. The Morgan fingerprint density at radius 2 is 1.19 bits per heavy atom. The van der Waals surface area contributed by atoms with Crippen LogP contribution in [0.15, 0.2) is 48.5 Å². The van der Waals surface area contributed by atoms with Crippen molar-refractivity contribution >= 4 is 85.4 Å². The van der Waals surface area contributed by atoms with Crippen LogP contribution >= 0.6 is 45.2 Å². The largest absolute Gasteiger partial charge is 0.519 e. The normalized spacial score (nSPS) is 11.2. The van der Waals surface area contributed by atoms with E-state index in [1.54, 1.807) is 41.5 Å². The zero-order chi connectivity index (χ0) is 31.9. The molecule has 236 valence electrons. The van der Waals surface area contributed by atoms with Gasteiger partial charge in [0.05, 0.1) is 11.0 Å². The molecule has 2 aromatic heterocycles. The Morgan fingerprint density at radius 1 is 0.721 bits per heavy atom. The number of aromatic amines is 1. The highest BCUT2D eigenvalue weighted by Crippen LogP contribution is 2.21. The molecule has 0 saturated carbocycles. The van der Waals surface area contributed by atoms with Gasteiger partial charge >= 0.3 is 18.4 Å². The van der Waals surface area contributed by atoms with Crippen LogP contribution in [0.4, 0.5) is 14.4 Å². The number of aromatic nitrogens is 4. The Kier molecular flexibility index (Phi) is 13.9. The van der Waals surface area contributed by atoms with Gasteiger partial charge in [-0.3, -0.25) is 5.10 Å². The summed E-state index contributed by atoms with van der Waals surface area (Å²) < 4.78 is 22.3. The van der Waals surface area contributed by atoms with Gasteiger partial charge in [0.1, 0.15) is 24.2 Å². The number of hydrogen-bond donors (Lipinski definition) is 1. The monoisotopic (exact) mass is 822 g/mol. The molecular weight excluding hydrogens is 782 g/mol. The molecule has 0 spiro atoms. The minimum atomic E-state index is -1.06. The Balaban J connectivity index is 0.000000328. The van der Waals surface area contributed by atoms with Crippen LogP contribution in [-0.2, 0) is 18.9 Å². The lowest BCUT2D eigenvalue weighted by Crippen LogP contribution is -2.29. The zero-order valence-corrected chi connectivity index (χ0v) is 29.4. The third kappa shape index (κ3) is 13.5. The molecule has 2 heterocycles. The number of carbonyl (C=O) groups is 3. The summed E-state index contributed by atoms with van der Waals surface area (Å²) >= 11 is 4.35. The molecule has 43 heavy (non-hydrogen) atoms. The number of halogens is 2. The van der Waals surface area contributed by atoms with Crippen molar-refractivity contribution in [2.45, 2.75) is 86.5 Å². The number of nitrogens with one attached hydrogen (secondary N) is 1. The Bertz CT molecular complexity index is 1500. The highest BCUT2D eigenvalue weighted by atomic mass is 127. The number of benzene rings is 2. The summed E-state index contributed by atoms with van der Waals surface area (Å²) in [5, 5.41) is 13.4. The van der Waals surface area contributed by atoms with Crippen LogP contribution in [0.2, 0.25) is 0 Å². The van der Waals surface area contributed by atoms with E-state index in [9.17, 15) is 14.4 Å². The molecule has 0 fully saturated rings. The average Bonchev–Trinajstić information content (AvgIpc) is 3.37. The predicted octanol–water partition coefficient (Wildman–Crippen LogP) is 9.10. The van der Waals surface area contributed by atoms with E-state index >= 15 is 0 Å². The fourth-order valence-electron chi connectivity index (χ4n) is 3.01. The lowest BCUT2D eigenvalue weighted by atomic mass is 10.2. The number of nitrogens with zero attached hydrogens (tertiary/aromatic N) is 3. The molecule has 0 unspecified atom stereocenters. The van der Waals surface area contributed by atoms with E-state index < -0.39 is 35.2 Å². The number of hydrogen-bond acceptors (Lipinski definition) is 9. The van der Waals surface area contributed by atoms with E-state index in [1.807, 2.05) is 63.2 Å². The van der Waals surface area contributed by atoms with Crippen molar-refractivity contribution in [1.82, 2.24) is 20.0 Å². The summed E-state index contributed by atoms with van der Waals surface area (Å²) in [5.74, 6) is 0. The molecule has 0 aliphatic rings. The topological polar surface area (TPSA) is 135 Å². The molecule has 4 aromatic rings. The SMILES string of the molecule is C.CC(C)(C)OC(=O)OC(=O)OC(C)(C)C.CC(C)(C)OC(=O)n1nc(I)c2ccccc21.Ic1[nH]nc2ccccc12. The first-order valence-corrected chi connectivity index (χ1v) is 15.0. The van der Waals surface area contributed by atoms with Gasteiger partial charge in [-0.1, -0.05) is 43.8 Å². The molecule has 13 heteroatoms. The van der Waals surface area contributed by atoms with Gasteiger partial charge < -0.3 is 18.9 Å². The van der Waals surface area contributed by atoms with Crippen LogP contribution < -0.4 is 0 Å². The minimum absolute atomic E-state index is 0. The summed E-state index contributed by atoms with van der Waals surface area (Å²) in [6.45, 7) is 15.5. The first-order chi connectivity index (χ1) is 19.3. The summed E-state index contributed by atoms with van der Waals surface area (Å²) in [4.78, 5) is 34.0. The fraction of sp³-hybridized carbons (Fsp3) is 0.433. The molecule has 11 nitrogen and oxygen atoms in total. The van der Waals surface area contributed by atoms with Crippen molar-refractivity contribution < 1.29 is 33.3 Å². The van der Waals surface area contributed by atoms with Crippen molar-refractivity contribution in [3.8, 4) is 0 Å². The Hall–Kier alpha value is -2.95. The molecule has 0 aliphatic heterocycles. The molecule has 0 atom stereocenters. The summed E-state index contributed by atoms with van der Waals surface area (Å²) in [5.41, 5.74) is -0.105. The Morgan fingerprint density at radius 3 is 1.67 bits per heavy atom. The molecule has 4 rings (SSSR count). The number of carbonyl (C=O) groups excluding carboxylic acids is 3. The molecule has 0 amide bonds. The minimum Gasteiger partial charge on any atom is -0.442 e. The summed E-state index contributed by atoms with van der Waals surface area (Å²) in [6.07, 6.45) is -2.56. The van der Waals surface area contributed by atoms with Crippen molar-refractivity contribution in [3.05, 3.63) is 55.9 Å². The van der Waals surface area contributed by atoms with Gasteiger partial charge in [-0.05, 0) is 120 Å². The van der Waals surface area contributed by atoms with Gasteiger partial charge in [-0.15, -0.1) is 0 Å². The molecule has 1 N–H and O–H groups in total. The maximum atomic E-state index is 12.0. The quantitative estimate of drug-likeness (QED) is 0.0798.